The Kier molecular flexibility index (Phi) is 4.46. The molecule has 4 heterocycles. The molecule has 8 heteroatoms. The van der Waals surface area contributed by atoms with Crippen molar-refractivity contribution in [1.82, 2.24) is 14.7 Å². The van der Waals surface area contributed by atoms with Crippen molar-refractivity contribution in [2.24, 2.45) is 0 Å². The Morgan fingerprint density at radius 2 is 2.04 bits per heavy atom. The van der Waals surface area contributed by atoms with Gasteiger partial charge >= 0.3 is 0 Å². The van der Waals surface area contributed by atoms with Gasteiger partial charge in [0, 0.05) is 23.3 Å². The van der Waals surface area contributed by atoms with Crippen LogP contribution in [0.3, 0.4) is 0 Å². The number of anilines is 1. The summed E-state index contributed by atoms with van der Waals surface area (Å²) < 4.78 is 29.9. The Balaban J connectivity index is 1.57. The molecule has 0 unspecified atom stereocenters. The summed E-state index contributed by atoms with van der Waals surface area (Å²) in [4.78, 5) is 17.5. The van der Waals surface area contributed by atoms with Crippen molar-refractivity contribution in [3.05, 3.63) is 51.6 Å². The average molecular weight is 376 g/mol. The molecule has 26 heavy (non-hydrogen) atoms. The average Bonchev–Trinajstić information content (AvgIpc) is 3.18. The van der Waals surface area contributed by atoms with Gasteiger partial charge in [-0.25, -0.2) is 13.8 Å². The highest BCUT2D eigenvalue weighted by atomic mass is 32.1. The van der Waals surface area contributed by atoms with Gasteiger partial charge in [-0.1, -0.05) is 0 Å². The molecular formula is C18H18F2N4OS. The van der Waals surface area contributed by atoms with Gasteiger partial charge in [0.05, 0.1) is 11.4 Å². The molecule has 0 atom stereocenters. The lowest BCUT2D eigenvalue weighted by molar-refractivity contribution is 0.102. The first kappa shape index (κ1) is 17.1. The number of hydrogen-bond acceptors (Lipinski definition) is 4. The van der Waals surface area contributed by atoms with Crippen LogP contribution in [0, 0.1) is 18.6 Å². The summed E-state index contributed by atoms with van der Waals surface area (Å²) in [6.45, 7) is 3.55. The van der Waals surface area contributed by atoms with E-state index in [9.17, 15) is 13.6 Å². The number of rotatable bonds is 3. The molecule has 1 fully saturated rings. The second kappa shape index (κ2) is 6.77. The van der Waals surface area contributed by atoms with E-state index in [-0.39, 0.29) is 22.1 Å². The van der Waals surface area contributed by atoms with Crippen molar-refractivity contribution in [3.63, 3.8) is 0 Å². The van der Waals surface area contributed by atoms with Crippen LogP contribution in [-0.2, 0) is 0 Å². The molecular weight excluding hydrogens is 358 g/mol. The highest BCUT2D eigenvalue weighted by molar-refractivity contribution is 7.14. The molecule has 0 aliphatic carbocycles. The molecule has 0 aromatic carbocycles. The summed E-state index contributed by atoms with van der Waals surface area (Å²) >= 11 is 1.18. The molecule has 136 valence electrons. The molecule has 0 radical (unpaired) electrons. The van der Waals surface area contributed by atoms with Gasteiger partial charge in [-0.2, -0.15) is 0 Å². The Morgan fingerprint density at radius 1 is 1.27 bits per heavy atom. The third-order valence-corrected chi connectivity index (χ3v) is 5.81. The fourth-order valence-electron chi connectivity index (χ4n) is 3.28. The number of imidazole rings is 1. The first-order chi connectivity index (χ1) is 12.5. The van der Waals surface area contributed by atoms with E-state index in [1.165, 1.54) is 27.9 Å². The molecule has 1 aliphatic heterocycles. The molecule has 0 spiro atoms. The summed E-state index contributed by atoms with van der Waals surface area (Å²) in [5, 5.41) is 5.86. The lowest BCUT2D eigenvalue weighted by Gasteiger charge is -2.21. The molecule has 0 saturated carbocycles. The van der Waals surface area contributed by atoms with Crippen LogP contribution >= 0.6 is 11.3 Å². The van der Waals surface area contributed by atoms with Gasteiger partial charge in [0.2, 0.25) is 0 Å². The smallest absolute Gasteiger partial charge is 0.268 e. The third kappa shape index (κ3) is 3.22. The molecule has 5 nitrogen and oxygen atoms in total. The summed E-state index contributed by atoms with van der Waals surface area (Å²) in [5.41, 5.74) is 1.12. The molecule has 3 aromatic heterocycles. The number of hydrogen-bond donors (Lipinski definition) is 2. The number of amides is 1. The summed E-state index contributed by atoms with van der Waals surface area (Å²) in [6, 6.07) is 2.65. The van der Waals surface area contributed by atoms with Gasteiger partial charge < -0.3 is 15.0 Å². The quantitative estimate of drug-likeness (QED) is 0.733. The topological polar surface area (TPSA) is 58.4 Å². The van der Waals surface area contributed by atoms with Crippen LogP contribution < -0.4 is 10.6 Å². The number of aromatic nitrogens is 2. The number of pyridine rings is 1. The Morgan fingerprint density at radius 3 is 2.81 bits per heavy atom. The number of fused-ring (bicyclic) bond motifs is 1. The molecule has 0 bridgehead atoms. The predicted molar refractivity (Wildman–Crippen MR) is 97.0 cm³/mol. The number of aryl methyl sites for hydroxylation is 1. The fourth-order valence-corrected chi connectivity index (χ4v) is 4.39. The number of halogens is 2. The molecule has 4 rings (SSSR count). The van der Waals surface area contributed by atoms with Crippen molar-refractivity contribution in [1.29, 1.82) is 0 Å². The summed E-state index contributed by atoms with van der Waals surface area (Å²) in [5.74, 6) is -1.36. The number of nitrogens with one attached hydrogen (secondary N) is 2. The van der Waals surface area contributed by atoms with E-state index in [0.29, 0.717) is 5.69 Å². The van der Waals surface area contributed by atoms with E-state index in [0.717, 1.165) is 30.8 Å². The number of piperidine rings is 1. The maximum atomic E-state index is 14.3. The normalized spacial score (nSPS) is 15.5. The van der Waals surface area contributed by atoms with E-state index < -0.39 is 17.5 Å². The number of nitrogens with zero attached hydrogens (tertiary/aromatic N) is 2. The maximum absolute atomic E-state index is 14.3. The Labute approximate surface area is 153 Å². The second-order valence-corrected chi connectivity index (χ2v) is 7.58. The van der Waals surface area contributed by atoms with Gasteiger partial charge in [-0.3, -0.25) is 4.79 Å². The molecule has 1 amide bonds. The SMILES string of the molecule is Cc1cn2cc(NC(=O)c3sc(C4CCNCC4)cc3F)cc(F)c2n1. The minimum atomic E-state index is -0.566. The second-order valence-electron chi connectivity index (χ2n) is 6.49. The molecule has 2 N–H and O–H groups in total. The number of carbonyl (C=O) groups excluding carboxylic acids is 1. The van der Waals surface area contributed by atoms with Gasteiger partial charge in [-0.05, 0) is 44.8 Å². The van der Waals surface area contributed by atoms with Gasteiger partial charge in [0.25, 0.3) is 5.91 Å². The van der Waals surface area contributed by atoms with Crippen LogP contribution in [0.5, 0.6) is 0 Å². The third-order valence-electron chi connectivity index (χ3n) is 4.54. The van der Waals surface area contributed by atoms with Crippen molar-refractivity contribution in [2.45, 2.75) is 25.7 Å². The zero-order valence-corrected chi connectivity index (χ0v) is 15.0. The zero-order valence-electron chi connectivity index (χ0n) is 14.2. The van der Waals surface area contributed by atoms with Crippen LogP contribution in [0.1, 0.15) is 39.0 Å². The molecule has 1 saturated heterocycles. The fraction of sp³-hybridized carbons (Fsp3) is 0.333. The van der Waals surface area contributed by atoms with Crippen molar-refractivity contribution >= 4 is 28.6 Å². The van der Waals surface area contributed by atoms with E-state index >= 15 is 0 Å². The van der Waals surface area contributed by atoms with Crippen molar-refractivity contribution < 1.29 is 13.6 Å². The monoisotopic (exact) mass is 376 g/mol. The highest BCUT2D eigenvalue weighted by Gasteiger charge is 2.23. The Hall–Kier alpha value is -2.32. The van der Waals surface area contributed by atoms with E-state index in [1.807, 2.05) is 0 Å². The lowest BCUT2D eigenvalue weighted by atomic mass is 9.96. The molecule has 1 aliphatic rings. The number of thiophene rings is 1. The minimum Gasteiger partial charge on any atom is -0.320 e. The number of carbonyl (C=O) groups is 1. The van der Waals surface area contributed by atoms with Crippen LogP contribution in [0.4, 0.5) is 14.5 Å². The first-order valence-electron chi connectivity index (χ1n) is 8.47. The summed E-state index contributed by atoms with van der Waals surface area (Å²) in [6.07, 6.45) is 5.09. The van der Waals surface area contributed by atoms with Crippen LogP contribution in [0.2, 0.25) is 0 Å². The van der Waals surface area contributed by atoms with Gasteiger partial charge in [0.15, 0.2) is 11.5 Å². The maximum Gasteiger partial charge on any atom is 0.268 e. The Bertz CT molecular complexity index is 975. The predicted octanol–water partition coefficient (Wildman–Crippen LogP) is 3.70. The van der Waals surface area contributed by atoms with E-state index in [2.05, 4.69) is 15.6 Å². The highest BCUT2D eigenvalue weighted by Crippen LogP contribution is 2.33. The van der Waals surface area contributed by atoms with E-state index in [1.54, 1.807) is 19.3 Å². The minimum absolute atomic E-state index is 0.0286. The largest absolute Gasteiger partial charge is 0.320 e. The van der Waals surface area contributed by atoms with Crippen LogP contribution in [0.25, 0.3) is 5.65 Å². The summed E-state index contributed by atoms with van der Waals surface area (Å²) in [7, 11) is 0. The zero-order chi connectivity index (χ0) is 18.3. The van der Waals surface area contributed by atoms with Gasteiger partial charge in [0.1, 0.15) is 10.7 Å². The first-order valence-corrected chi connectivity index (χ1v) is 9.29. The van der Waals surface area contributed by atoms with E-state index in [4.69, 9.17) is 0 Å². The van der Waals surface area contributed by atoms with Crippen LogP contribution in [0.15, 0.2) is 24.5 Å². The van der Waals surface area contributed by atoms with Crippen LogP contribution in [-0.4, -0.2) is 28.4 Å². The van der Waals surface area contributed by atoms with Gasteiger partial charge in [-0.15, -0.1) is 11.3 Å². The lowest BCUT2D eigenvalue weighted by Crippen LogP contribution is -2.26. The molecule has 3 aromatic rings. The van der Waals surface area contributed by atoms with Crippen molar-refractivity contribution in [3.8, 4) is 0 Å². The van der Waals surface area contributed by atoms with Crippen molar-refractivity contribution in [2.75, 3.05) is 18.4 Å². The standard InChI is InChI=1S/C18H18F2N4OS/c1-10-8-24-9-12(6-14(20)17(24)22-10)23-18(25)16-13(19)7-15(26-16)11-2-4-21-5-3-11/h6-9,11,21H,2-5H2,1H3,(H,23,25).